The van der Waals surface area contributed by atoms with Gasteiger partial charge in [0.25, 0.3) is 0 Å². The molecule has 1 aromatic rings. The van der Waals surface area contributed by atoms with E-state index >= 15 is 0 Å². The van der Waals surface area contributed by atoms with E-state index in [4.69, 9.17) is 9.47 Å². The fraction of sp³-hybridized carbons (Fsp3) is 0.562. The van der Waals surface area contributed by atoms with E-state index in [0.29, 0.717) is 31.5 Å². The van der Waals surface area contributed by atoms with Crippen molar-refractivity contribution in [2.75, 3.05) is 33.4 Å². The molecule has 1 aromatic carbocycles. The number of nitrogens with zero attached hydrogens (tertiary/aromatic N) is 1. The molecule has 0 radical (unpaired) electrons. The summed E-state index contributed by atoms with van der Waals surface area (Å²) < 4.78 is 24.4. The highest BCUT2D eigenvalue weighted by Crippen LogP contribution is 2.23. The Morgan fingerprint density at radius 3 is 3.05 bits per heavy atom. The van der Waals surface area contributed by atoms with Gasteiger partial charge in [-0.3, -0.25) is 9.69 Å². The number of carbonyl (C=O) groups is 1. The van der Waals surface area contributed by atoms with Crippen LogP contribution >= 0.6 is 0 Å². The van der Waals surface area contributed by atoms with E-state index in [0.717, 1.165) is 13.0 Å². The summed E-state index contributed by atoms with van der Waals surface area (Å²) in [6, 6.07) is 4.79. The van der Waals surface area contributed by atoms with E-state index in [2.05, 4.69) is 11.8 Å². The normalized spacial score (nSPS) is 19.5. The van der Waals surface area contributed by atoms with Crippen molar-refractivity contribution in [2.24, 2.45) is 0 Å². The summed E-state index contributed by atoms with van der Waals surface area (Å²) >= 11 is 0. The van der Waals surface area contributed by atoms with Crippen LogP contribution in [0.15, 0.2) is 18.2 Å². The number of hydrogen-bond donors (Lipinski definition) is 0. The number of morpholine rings is 1. The number of benzene rings is 1. The summed E-state index contributed by atoms with van der Waals surface area (Å²) in [5.41, 5.74) is 0.0568. The minimum atomic E-state index is -0.520. The fourth-order valence-corrected chi connectivity index (χ4v) is 2.67. The van der Waals surface area contributed by atoms with Crippen molar-refractivity contribution in [1.82, 2.24) is 4.90 Å². The zero-order chi connectivity index (χ0) is 15.2. The van der Waals surface area contributed by atoms with Crippen LogP contribution in [-0.2, 0) is 4.74 Å². The lowest BCUT2D eigenvalue weighted by molar-refractivity contribution is -0.00841. The highest BCUT2D eigenvalue weighted by atomic mass is 19.1. The molecule has 4 nitrogen and oxygen atoms in total. The summed E-state index contributed by atoms with van der Waals surface area (Å²) in [5, 5.41) is 0. The molecule has 5 heteroatoms. The summed E-state index contributed by atoms with van der Waals surface area (Å²) in [6.45, 7) is 4.94. The van der Waals surface area contributed by atoms with Crippen molar-refractivity contribution < 1.29 is 18.7 Å². The van der Waals surface area contributed by atoms with Gasteiger partial charge in [0.05, 0.1) is 25.9 Å². The lowest BCUT2D eigenvalue weighted by Crippen LogP contribution is -2.45. The van der Waals surface area contributed by atoms with Crippen molar-refractivity contribution in [3.63, 3.8) is 0 Å². The van der Waals surface area contributed by atoms with Crippen LogP contribution in [0.5, 0.6) is 5.75 Å². The fourth-order valence-electron chi connectivity index (χ4n) is 2.67. The van der Waals surface area contributed by atoms with Crippen molar-refractivity contribution in [3.8, 4) is 5.75 Å². The lowest BCUT2D eigenvalue weighted by Gasteiger charge is -2.34. The molecule has 2 rings (SSSR count). The molecule has 1 atom stereocenters. The molecule has 0 aromatic heterocycles. The van der Waals surface area contributed by atoms with E-state index in [1.807, 2.05) is 0 Å². The Morgan fingerprint density at radius 1 is 1.52 bits per heavy atom. The van der Waals surface area contributed by atoms with Crippen LogP contribution in [0.3, 0.4) is 0 Å². The van der Waals surface area contributed by atoms with Gasteiger partial charge >= 0.3 is 0 Å². The second kappa shape index (κ2) is 7.52. The standard InChI is InChI=1S/C16H22FNO3/c1-3-12-11-21-10-9-18(12)8-7-14(19)16-13(17)5-4-6-15(16)20-2/h4-6,12H,3,7-11H2,1-2H3. The summed E-state index contributed by atoms with van der Waals surface area (Å²) in [7, 11) is 1.45. The minimum absolute atomic E-state index is 0.0568. The topological polar surface area (TPSA) is 38.8 Å². The van der Waals surface area contributed by atoms with E-state index in [-0.39, 0.29) is 17.8 Å². The molecular weight excluding hydrogens is 273 g/mol. The van der Waals surface area contributed by atoms with Gasteiger partial charge in [-0.25, -0.2) is 4.39 Å². The highest BCUT2D eigenvalue weighted by molar-refractivity contribution is 5.99. The third-order valence-electron chi connectivity index (χ3n) is 3.92. The van der Waals surface area contributed by atoms with Crippen LogP contribution in [0, 0.1) is 5.82 Å². The van der Waals surface area contributed by atoms with Crippen LogP contribution in [0.4, 0.5) is 4.39 Å². The Balaban J connectivity index is 2.01. The number of ether oxygens (including phenoxy) is 2. The lowest BCUT2D eigenvalue weighted by atomic mass is 10.0. The molecule has 0 amide bonds. The first-order chi connectivity index (χ1) is 10.2. The molecule has 1 aliphatic heterocycles. The van der Waals surface area contributed by atoms with Crippen molar-refractivity contribution in [1.29, 1.82) is 0 Å². The zero-order valence-corrected chi connectivity index (χ0v) is 12.6. The Kier molecular flexibility index (Phi) is 5.70. The largest absolute Gasteiger partial charge is 0.496 e. The first-order valence-electron chi connectivity index (χ1n) is 7.34. The first kappa shape index (κ1) is 15.9. The predicted molar refractivity (Wildman–Crippen MR) is 78.4 cm³/mol. The Hall–Kier alpha value is -1.46. The molecule has 1 aliphatic rings. The highest BCUT2D eigenvalue weighted by Gasteiger charge is 2.23. The van der Waals surface area contributed by atoms with Gasteiger partial charge in [-0.1, -0.05) is 13.0 Å². The summed E-state index contributed by atoms with van der Waals surface area (Å²) in [6.07, 6.45) is 1.27. The van der Waals surface area contributed by atoms with Crippen LogP contribution in [0.25, 0.3) is 0 Å². The number of hydrogen-bond acceptors (Lipinski definition) is 4. The second-order valence-corrected chi connectivity index (χ2v) is 5.16. The monoisotopic (exact) mass is 295 g/mol. The third-order valence-corrected chi connectivity index (χ3v) is 3.92. The predicted octanol–water partition coefficient (Wildman–Crippen LogP) is 2.52. The molecule has 116 valence electrons. The zero-order valence-electron chi connectivity index (χ0n) is 12.6. The van der Waals surface area contributed by atoms with Gasteiger partial charge in [0, 0.05) is 25.6 Å². The molecule has 1 fully saturated rings. The van der Waals surface area contributed by atoms with Crippen molar-refractivity contribution in [3.05, 3.63) is 29.6 Å². The molecule has 0 saturated carbocycles. The van der Waals surface area contributed by atoms with E-state index in [1.54, 1.807) is 12.1 Å². The van der Waals surface area contributed by atoms with Gasteiger partial charge in [0.2, 0.25) is 0 Å². The maximum absolute atomic E-state index is 13.9. The number of ketones is 1. The molecular formula is C16H22FNO3. The maximum atomic E-state index is 13.9. The third kappa shape index (κ3) is 3.80. The van der Waals surface area contributed by atoms with Gasteiger partial charge in [-0.05, 0) is 18.6 Å². The van der Waals surface area contributed by atoms with E-state index < -0.39 is 5.82 Å². The molecule has 1 heterocycles. The molecule has 0 spiro atoms. The number of halogens is 1. The molecule has 21 heavy (non-hydrogen) atoms. The van der Waals surface area contributed by atoms with Crippen LogP contribution in [-0.4, -0.2) is 50.1 Å². The number of rotatable bonds is 6. The van der Waals surface area contributed by atoms with Crippen LogP contribution < -0.4 is 4.74 Å². The van der Waals surface area contributed by atoms with Crippen LogP contribution in [0.2, 0.25) is 0 Å². The van der Waals surface area contributed by atoms with Crippen molar-refractivity contribution in [2.45, 2.75) is 25.8 Å². The van der Waals surface area contributed by atoms with Gasteiger partial charge in [-0.2, -0.15) is 0 Å². The first-order valence-corrected chi connectivity index (χ1v) is 7.34. The van der Waals surface area contributed by atoms with E-state index in [1.165, 1.54) is 13.2 Å². The van der Waals surface area contributed by atoms with Crippen LogP contribution in [0.1, 0.15) is 30.1 Å². The SMILES string of the molecule is CCC1COCCN1CCC(=O)c1c(F)cccc1OC. The van der Waals surface area contributed by atoms with Gasteiger partial charge in [-0.15, -0.1) is 0 Å². The summed E-state index contributed by atoms with van der Waals surface area (Å²) in [5.74, 6) is -0.436. The number of carbonyl (C=O) groups excluding carboxylic acids is 1. The average molecular weight is 295 g/mol. The quantitative estimate of drug-likeness (QED) is 0.756. The number of Topliss-reactive ketones (excluding diaryl/α,β-unsaturated/α-hetero) is 1. The smallest absolute Gasteiger partial charge is 0.170 e. The number of methoxy groups -OCH3 is 1. The Bertz CT molecular complexity index is 492. The van der Waals surface area contributed by atoms with Crippen molar-refractivity contribution >= 4 is 5.78 Å². The maximum Gasteiger partial charge on any atom is 0.170 e. The molecule has 1 saturated heterocycles. The van der Waals surface area contributed by atoms with Gasteiger partial charge < -0.3 is 9.47 Å². The van der Waals surface area contributed by atoms with E-state index in [9.17, 15) is 9.18 Å². The second-order valence-electron chi connectivity index (χ2n) is 5.16. The molecule has 1 unspecified atom stereocenters. The van der Waals surface area contributed by atoms with Gasteiger partial charge in [0.15, 0.2) is 5.78 Å². The molecule has 0 aliphatic carbocycles. The molecule has 0 bridgehead atoms. The Labute approximate surface area is 124 Å². The molecule has 0 N–H and O–H groups in total. The minimum Gasteiger partial charge on any atom is -0.496 e. The average Bonchev–Trinajstić information content (AvgIpc) is 2.52. The summed E-state index contributed by atoms with van der Waals surface area (Å²) in [4.78, 5) is 14.5. The Morgan fingerprint density at radius 2 is 2.33 bits per heavy atom. The van der Waals surface area contributed by atoms with Gasteiger partial charge in [0.1, 0.15) is 11.6 Å².